The predicted octanol–water partition coefficient (Wildman–Crippen LogP) is 6.54. The first kappa shape index (κ1) is 23.0. The summed E-state index contributed by atoms with van der Waals surface area (Å²) in [5.41, 5.74) is 7.23. The molecule has 1 amide bonds. The number of nitrogens with zero attached hydrogens (tertiary/aromatic N) is 2. The van der Waals surface area contributed by atoms with Gasteiger partial charge in [0.1, 0.15) is 0 Å². The molecule has 4 nitrogen and oxygen atoms in total. The molecule has 0 saturated carbocycles. The molecule has 4 rings (SSSR count). The summed E-state index contributed by atoms with van der Waals surface area (Å²) < 4.78 is 40.7. The van der Waals surface area contributed by atoms with Crippen molar-refractivity contribution in [3.05, 3.63) is 113 Å². The lowest BCUT2D eigenvalue weighted by Crippen LogP contribution is -2.18. The van der Waals surface area contributed by atoms with Crippen molar-refractivity contribution in [1.29, 1.82) is 0 Å². The molecule has 7 heteroatoms. The van der Waals surface area contributed by atoms with Gasteiger partial charge in [0.15, 0.2) is 0 Å². The molecule has 0 atom stereocenters. The normalized spacial score (nSPS) is 11.7. The zero-order valence-electron chi connectivity index (χ0n) is 18.6. The third-order valence-electron chi connectivity index (χ3n) is 5.52. The summed E-state index contributed by atoms with van der Waals surface area (Å²) in [6.07, 6.45) is -3.03. The fraction of sp³-hybridized carbons (Fsp3) is 0.111. The number of aromatic nitrogens is 1. The summed E-state index contributed by atoms with van der Waals surface area (Å²) in [5, 5.41) is 3.95. The molecule has 0 spiro atoms. The van der Waals surface area contributed by atoms with Crippen LogP contribution in [-0.2, 0) is 6.18 Å². The number of rotatable bonds is 5. The average Bonchev–Trinajstić information content (AvgIpc) is 3.12. The number of hydrogen-bond acceptors (Lipinski definition) is 2. The second kappa shape index (κ2) is 9.39. The summed E-state index contributed by atoms with van der Waals surface area (Å²) in [7, 11) is 0. The first-order chi connectivity index (χ1) is 16.2. The lowest BCUT2D eigenvalue weighted by Gasteiger charge is -2.11. The van der Waals surface area contributed by atoms with E-state index in [1.54, 1.807) is 0 Å². The monoisotopic (exact) mass is 461 g/mol. The molecule has 34 heavy (non-hydrogen) atoms. The SMILES string of the molecule is Cc1cc(/C=N/NC(=O)c2cccc(C(F)(F)F)c2)c(C)n1-c1ccc(-c2ccccc2)cc1. The largest absolute Gasteiger partial charge is 0.416 e. The summed E-state index contributed by atoms with van der Waals surface area (Å²) in [6, 6.07) is 24.5. The van der Waals surface area contributed by atoms with Crippen molar-refractivity contribution in [2.24, 2.45) is 5.10 Å². The van der Waals surface area contributed by atoms with Gasteiger partial charge in [-0.3, -0.25) is 4.79 Å². The number of hydrogen-bond donors (Lipinski definition) is 1. The van der Waals surface area contributed by atoms with E-state index < -0.39 is 17.6 Å². The van der Waals surface area contributed by atoms with Crippen LogP contribution in [0.1, 0.15) is 32.9 Å². The molecule has 0 unspecified atom stereocenters. The molecule has 0 aliphatic carbocycles. The molecular weight excluding hydrogens is 439 g/mol. The van der Waals surface area contributed by atoms with Crippen LogP contribution in [0.2, 0.25) is 0 Å². The lowest BCUT2D eigenvalue weighted by atomic mass is 10.1. The number of benzene rings is 3. The average molecular weight is 461 g/mol. The number of carbonyl (C=O) groups excluding carboxylic acids is 1. The Bertz CT molecular complexity index is 1340. The van der Waals surface area contributed by atoms with Gasteiger partial charge in [0.25, 0.3) is 5.91 Å². The Morgan fingerprint density at radius 2 is 1.56 bits per heavy atom. The molecule has 1 aromatic heterocycles. The van der Waals surface area contributed by atoms with E-state index in [1.807, 2.05) is 50.2 Å². The zero-order valence-corrected chi connectivity index (χ0v) is 18.6. The molecular formula is C27H22F3N3O. The van der Waals surface area contributed by atoms with E-state index in [9.17, 15) is 18.0 Å². The van der Waals surface area contributed by atoms with Gasteiger partial charge in [0.2, 0.25) is 0 Å². The quantitative estimate of drug-likeness (QED) is 0.266. The number of halogens is 3. The van der Waals surface area contributed by atoms with Crippen LogP contribution in [-0.4, -0.2) is 16.7 Å². The third kappa shape index (κ3) is 4.93. The van der Waals surface area contributed by atoms with E-state index in [0.29, 0.717) is 0 Å². The van der Waals surface area contributed by atoms with Gasteiger partial charge in [-0.1, -0.05) is 48.5 Å². The fourth-order valence-electron chi connectivity index (χ4n) is 3.81. The van der Waals surface area contributed by atoms with Crippen molar-refractivity contribution >= 4 is 12.1 Å². The maximum absolute atomic E-state index is 12.9. The Kier molecular flexibility index (Phi) is 6.36. The maximum Gasteiger partial charge on any atom is 0.416 e. The molecule has 172 valence electrons. The smallest absolute Gasteiger partial charge is 0.318 e. The minimum absolute atomic E-state index is 0.115. The van der Waals surface area contributed by atoms with Crippen molar-refractivity contribution < 1.29 is 18.0 Å². The summed E-state index contributed by atoms with van der Waals surface area (Å²) in [6.45, 7) is 3.91. The van der Waals surface area contributed by atoms with Gasteiger partial charge < -0.3 is 4.57 Å². The number of nitrogens with one attached hydrogen (secondary N) is 1. The van der Waals surface area contributed by atoms with Crippen LogP contribution < -0.4 is 5.43 Å². The van der Waals surface area contributed by atoms with Crippen molar-refractivity contribution in [2.45, 2.75) is 20.0 Å². The van der Waals surface area contributed by atoms with Crippen LogP contribution in [0.3, 0.4) is 0 Å². The minimum atomic E-state index is -4.52. The van der Waals surface area contributed by atoms with Crippen molar-refractivity contribution in [1.82, 2.24) is 9.99 Å². The van der Waals surface area contributed by atoms with E-state index >= 15 is 0 Å². The van der Waals surface area contributed by atoms with Gasteiger partial charge in [-0.15, -0.1) is 0 Å². The van der Waals surface area contributed by atoms with E-state index in [-0.39, 0.29) is 5.56 Å². The molecule has 0 fully saturated rings. The van der Waals surface area contributed by atoms with E-state index in [0.717, 1.165) is 45.9 Å². The number of hydrazone groups is 1. The Morgan fingerprint density at radius 3 is 2.24 bits per heavy atom. The summed E-state index contributed by atoms with van der Waals surface area (Å²) in [4.78, 5) is 12.2. The van der Waals surface area contributed by atoms with Crippen molar-refractivity contribution in [3.63, 3.8) is 0 Å². The summed E-state index contributed by atoms with van der Waals surface area (Å²) >= 11 is 0. The summed E-state index contributed by atoms with van der Waals surface area (Å²) in [5.74, 6) is -0.715. The zero-order chi connectivity index (χ0) is 24.3. The highest BCUT2D eigenvalue weighted by Gasteiger charge is 2.30. The number of alkyl halides is 3. The van der Waals surface area contributed by atoms with Gasteiger partial charge in [0, 0.05) is 28.2 Å². The van der Waals surface area contributed by atoms with Gasteiger partial charge in [0.05, 0.1) is 11.8 Å². The fourth-order valence-corrected chi connectivity index (χ4v) is 3.81. The molecule has 0 radical (unpaired) electrons. The number of carbonyl (C=O) groups is 1. The Balaban J connectivity index is 1.50. The van der Waals surface area contributed by atoms with Crippen LogP contribution in [0.15, 0.2) is 90.0 Å². The highest BCUT2D eigenvalue weighted by Crippen LogP contribution is 2.29. The van der Waals surface area contributed by atoms with Gasteiger partial charge in [-0.05, 0) is 61.4 Å². The van der Waals surface area contributed by atoms with E-state index in [4.69, 9.17) is 0 Å². The molecule has 1 heterocycles. The van der Waals surface area contributed by atoms with Crippen LogP contribution >= 0.6 is 0 Å². The van der Waals surface area contributed by atoms with Crippen LogP contribution in [0, 0.1) is 13.8 Å². The van der Waals surface area contributed by atoms with E-state index in [1.165, 1.54) is 18.3 Å². The Hall–Kier alpha value is -4.13. The Labute approximate surface area is 195 Å². The first-order valence-electron chi connectivity index (χ1n) is 10.6. The standard InChI is InChI=1S/C27H22F3N3O/c1-18-15-23(17-31-32-26(34)22-9-6-10-24(16-22)27(28,29)30)19(2)33(18)25-13-11-21(12-14-25)20-7-4-3-5-8-20/h3-17H,1-2H3,(H,32,34)/b31-17+. The molecule has 0 aliphatic rings. The van der Waals surface area contributed by atoms with Gasteiger partial charge in [-0.25, -0.2) is 5.43 Å². The first-order valence-corrected chi connectivity index (χ1v) is 10.6. The van der Waals surface area contributed by atoms with Gasteiger partial charge >= 0.3 is 6.18 Å². The molecule has 1 N–H and O–H groups in total. The molecule has 0 aliphatic heterocycles. The number of amides is 1. The van der Waals surface area contributed by atoms with Crippen LogP contribution in [0.5, 0.6) is 0 Å². The molecule has 4 aromatic rings. The van der Waals surface area contributed by atoms with Gasteiger partial charge in [-0.2, -0.15) is 18.3 Å². The van der Waals surface area contributed by atoms with Crippen molar-refractivity contribution in [2.75, 3.05) is 0 Å². The highest BCUT2D eigenvalue weighted by atomic mass is 19.4. The third-order valence-corrected chi connectivity index (χ3v) is 5.52. The van der Waals surface area contributed by atoms with Crippen molar-refractivity contribution in [3.8, 4) is 16.8 Å². The van der Waals surface area contributed by atoms with Crippen LogP contribution in [0.25, 0.3) is 16.8 Å². The predicted molar refractivity (Wildman–Crippen MR) is 127 cm³/mol. The number of aryl methyl sites for hydroxylation is 1. The Morgan fingerprint density at radius 1 is 0.882 bits per heavy atom. The minimum Gasteiger partial charge on any atom is -0.318 e. The lowest BCUT2D eigenvalue weighted by molar-refractivity contribution is -0.137. The second-order valence-electron chi connectivity index (χ2n) is 7.85. The molecule has 3 aromatic carbocycles. The van der Waals surface area contributed by atoms with E-state index in [2.05, 4.69) is 39.4 Å². The maximum atomic E-state index is 12.9. The second-order valence-corrected chi connectivity index (χ2v) is 7.85. The molecule has 0 bridgehead atoms. The van der Waals surface area contributed by atoms with Crippen LogP contribution in [0.4, 0.5) is 13.2 Å². The molecule has 0 saturated heterocycles. The highest BCUT2D eigenvalue weighted by molar-refractivity contribution is 5.95. The topological polar surface area (TPSA) is 46.4 Å².